The minimum atomic E-state index is -4.88. The van der Waals surface area contributed by atoms with Gasteiger partial charge in [-0.15, -0.1) is 0 Å². The number of fused-ring (bicyclic) bond motifs is 1. The number of benzene rings is 1. The first-order chi connectivity index (χ1) is 10.8. The summed E-state index contributed by atoms with van der Waals surface area (Å²) in [5.41, 5.74) is 1.50. The van der Waals surface area contributed by atoms with Crippen LogP contribution in [0, 0.1) is 5.82 Å². The molecule has 2 heterocycles. The Morgan fingerprint density at radius 3 is 2.83 bits per heavy atom. The molecule has 2 aliphatic heterocycles. The standard InChI is InChI=1S/C15H16F4N2O2/c1-8-6-10-12(3-2-11(16)13(10)23-8)21-5-4-9(7-21)20-14(22)15(17,18)19/h2-3,8-9H,4-7H2,1H3,(H,20,22)/t8?,9-/m0/s1. The summed E-state index contributed by atoms with van der Waals surface area (Å²) in [4.78, 5) is 12.9. The first-order valence-corrected chi connectivity index (χ1v) is 7.36. The first-order valence-electron chi connectivity index (χ1n) is 7.36. The third kappa shape index (κ3) is 3.07. The number of carbonyl (C=O) groups is 1. The maximum atomic E-state index is 13.8. The second-order valence-corrected chi connectivity index (χ2v) is 5.91. The van der Waals surface area contributed by atoms with Crippen LogP contribution in [0.3, 0.4) is 0 Å². The normalized spacial score (nSPS) is 23.6. The summed E-state index contributed by atoms with van der Waals surface area (Å²) in [5, 5.41) is 2.00. The van der Waals surface area contributed by atoms with Crippen molar-refractivity contribution in [3.05, 3.63) is 23.5 Å². The Balaban J connectivity index is 1.73. The van der Waals surface area contributed by atoms with Crippen LogP contribution >= 0.6 is 0 Å². The van der Waals surface area contributed by atoms with Gasteiger partial charge in [0.2, 0.25) is 0 Å². The van der Waals surface area contributed by atoms with E-state index in [4.69, 9.17) is 4.74 Å². The Hall–Kier alpha value is -1.99. The summed E-state index contributed by atoms with van der Waals surface area (Å²) in [6.07, 6.45) is -4.06. The van der Waals surface area contributed by atoms with Crippen molar-refractivity contribution in [2.45, 2.75) is 38.1 Å². The Morgan fingerprint density at radius 1 is 1.39 bits per heavy atom. The number of alkyl halides is 3. The van der Waals surface area contributed by atoms with Gasteiger partial charge in [-0.2, -0.15) is 13.2 Å². The zero-order chi connectivity index (χ0) is 16.8. The quantitative estimate of drug-likeness (QED) is 0.846. The molecule has 1 fully saturated rings. The summed E-state index contributed by atoms with van der Waals surface area (Å²) < 4.78 is 56.2. The Kier molecular flexibility index (Phi) is 3.85. The van der Waals surface area contributed by atoms with Crippen LogP contribution in [0.5, 0.6) is 5.75 Å². The predicted molar refractivity (Wildman–Crippen MR) is 75.0 cm³/mol. The van der Waals surface area contributed by atoms with Crippen molar-refractivity contribution in [2.75, 3.05) is 18.0 Å². The molecule has 0 radical (unpaired) electrons. The van der Waals surface area contributed by atoms with Crippen molar-refractivity contribution in [2.24, 2.45) is 0 Å². The van der Waals surface area contributed by atoms with E-state index >= 15 is 0 Å². The van der Waals surface area contributed by atoms with Gasteiger partial charge in [0.1, 0.15) is 6.10 Å². The van der Waals surface area contributed by atoms with Crippen LogP contribution in [0.25, 0.3) is 0 Å². The van der Waals surface area contributed by atoms with Crippen molar-refractivity contribution < 1.29 is 27.1 Å². The lowest BCUT2D eigenvalue weighted by atomic mass is 10.1. The van der Waals surface area contributed by atoms with Gasteiger partial charge in [0.05, 0.1) is 0 Å². The van der Waals surface area contributed by atoms with Crippen molar-refractivity contribution in [1.29, 1.82) is 0 Å². The molecule has 0 aliphatic carbocycles. The zero-order valence-electron chi connectivity index (χ0n) is 12.4. The Labute approximate surface area is 130 Å². The number of nitrogens with zero attached hydrogens (tertiary/aromatic N) is 1. The summed E-state index contributed by atoms with van der Waals surface area (Å²) in [6, 6.07) is 2.33. The summed E-state index contributed by atoms with van der Waals surface area (Å²) in [7, 11) is 0. The second-order valence-electron chi connectivity index (χ2n) is 5.91. The van der Waals surface area contributed by atoms with Gasteiger partial charge in [0.15, 0.2) is 11.6 Å². The number of hydrogen-bond acceptors (Lipinski definition) is 3. The van der Waals surface area contributed by atoms with Gasteiger partial charge in [-0.05, 0) is 25.5 Å². The number of ether oxygens (including phenoxy) is 1. The third-order valence-electron chi connectivity index (χ3n) is 4.12. The molecule has 3 rings (SSSR count). The fraction of sp³-hybridized carbons (Fsp3) is 0.533. The largest absolute Gasteiger partial charge is 0.487 e. The van der Waals surface area contributed by atoms with E-state index in [0.29, 0.717) is 19.4 Å². The van der Waals surface area contributed by atoms with Crippen molar-refractivity contribution in [3.8, 4) is 5.75 Å². The van der Waals surface area contributed by atoms with Crippen LogP contribution in [0.2, 0.25) is 0 Å². The maximum absolute atomic E-state index is 13.8. The van der Waals surface area contributed by atoms with E-state index in [-0.39, 0.29) is 18.4 Å². The van der Waals surface area contributed by atoms with Gasteiger partial charge >= 0.3 is 12.1 Å². The zero-order valence-corrected chi connectivity index (χ0v) is 12.4. The minimum absolute atomic E-state index is 0.135. The number of carbonyl (C=O) groups excluding carboxylic acids is 1. The van der Waals surface area contributed by atoms with Crippen molar-refractivity contribution in [3.63, 3.8) is 0 Å². The van der Waals surface area contributed by atoms with Crippen LogP contribution in [-0.2, 0) is 11.2 Å². The fourth-order valence-corrected chi connectivity index (χ4v) is 3.10. The number of amides is 1. The number of anilines is 1. The van der Waals surface area contributed by atoms with Crippen LogP contribution in [0.4, 0.5) is 23.2 Å². The van der Waals surface area contributed by atoms with Gasteiger partial charge in [-0.1, -0.05) is 0 Å². The molecule has 0 aromatic heterocycles. The molecule has 23 heavy (non-hydrogen) atoms. The smallest absolute Gasteiger partial charge is 0.471 e. The molecule has 2 atom stereocenters. The molecule has 0 bridgehead atoms. The van der Waals surface area contributed by atoms with Crippen LogP contribution in [0.15, 0.2) is 12.1 Å². The summed E-state index contributed by atoms with van der Waals surface area (Å²) in [5.74, 6) is -2.14. The molecule has 0 spiro atoms. The van der Waals surface area contributed by atoms with E-state index in [9.17, 15) is 22.4 Å². The van der Waals surface area contributed by atoms with E-state index < -0.39 is 23.9 Å². The predicted octanol–water partition coefficient (Wildman–Crippen LogP) is 2.41. The lowest BCUT2D eigenvalue weighted by Gasteiger charge is -2.22. The van der Waals surface area contributed by atoms with E-state index in [2.05, 4.69) is 0 Å². The molecule has 1 aromatic rings. The molecule has 126 valence electrons. The van der Waals surface area contributed by atoms with Crippen LogP contribution < -0.4 is 15.0 Å². The highest BCUT2D eigenvalue weighted by atomic mass is 19.4. The number of halogens is 4. The molecular weight excluding hydrogens is 316 g/mol. The monoisotopic (exact) mass is 332 g/mol. The third-order valence-corrected chi connectivity index (χ3v) is 4.12. The highest BCUT2D eigenvalue weighted by Gasteiger charge is 2.41. The van der Waals surface area contributed by atoms with Gasteiger partial charge in [0.25, 0.3) is 0 Å². The minimum Gasteiger partial charge on any atom is -0.487 e. The van der Waals surface area contributed by atoms with Crippen molar-refractivity contribution >= 4 is 11.6 Å². The Morgan fingerprint density at radius 2 is 2.13 bits per heavy atom. The molecule has 1 aromatic carbocycles. The average molecular weight is 332 g/mol. The molecule has 1 saturated heterocycles. The molecular formula is C15H16F4N2O2. The SMILES string of the molecule is CC1Cc2c(N3CC[C@H](NC(=O)C(F)(F)F)C3)ccc(F)c2O1. The van der Waals surface area contributed by atoms with E-state index in [1.54, 1.807) is 6.07 Å². The number of rotatable bonds is 2. The highest BCUT2D eigenvalue weighted by Crippen LogP contribution is 2.39. The lowest BCUT2D eigenvalue weighted by molar-refractivity contribution is -0.174. The average Bonchev–Trinajstić information content (AvgIpc) is 3.05. The topological polar surface area (TPSA) is 41.6 Å². The molecule has 1 amide bonds. The van der Waals surface area contributed by atoms with Crippen LogP contribution in [0.1, 0.15) is 18.9 Å². The molecule has 8 heteroatoms. The van der Waals surface area contributed by atoms with E-state index in [1.165, 1.54) is 6.07 Å². The first kappa shape index (κ1) is 15.9. The van der Waals surface area contributed by atoms with E-state index in [1.807, 2.05) is 17.1 Å². The lowest BCUT2D eigenvalue weighted by Crippen LogP contribution is -2.44. The van der Waals surface area contributed by atoms with Gasteiger partial charge in [-0.3, -0.25) is 4.79 Å². The summed E-state index contributed by atoms with van der Waals surface area (Å²) in [6.45, 7) is 2.59. The van der Waals surface area contributed by atoms with Gasteiger partial charge in [-0.25, -0.2) is 4.39 Å². The molecule has 1 unspecified atom stereocenters. The fourth-order valence-electron chi connectivity index (χ4n) is 3.10. The second kappa shape index (κ2) is 5.58. The number of hydrogen-bond donors (Lipinski definition) is 1. The maximum Gasteiger partial charge on any atom is 0.471 e. The van der Waals surface area contributed by atoms with Crippen LogP contribution in [-0.4, -0.2) is 37.3 Å². The highest BCUT2D eigenvalue weighted by molar-refractivity contribution is 5.82. The number of nitrogens with one attached hydrogen (secondary N) is 1. The van der Waals surface area contributed by atoms with Gasteiger partial charge in [0, 0.05) is 36.8 Å². The van der Waals surface area contributed by atoms with Crippen molar-refractivity contribution in [1.82, 2.24) is 5.32 Å². The Bertz CT molecular complexity index is 633. The molecule has 2 aliphatic rings. The molecule has 1 N–H and O–H groups in total. The molecule has 4 nitrogen and oxygen atoms in total. The summed E-state index contributed by atoms with van der Waals surface area (Å²) >= 11 is 0. The van der Waals surface area contributed by atoms with E-state index in [0.717, 1.165) is 11.3 Å². The molecule has 0 saturated carbocycles. The van der Waals surface area contributed by atoms with Gasteiger partial charge < -0.3 is 15.0 Å².